The Balaban J connectivity index is 2.32. The van der Waals surface area contributed by atoms with Crippen molar-refractivity contribution in [2.24, 2.45) is 11.8 Å². The summed E-state index contributed by atoms with van der Waals surface area (Å²) in [5, 5.41) is 2.91. The number of nitrogens with one attached hydrogen (secondary N) is 2. The van der Waals surface area contributed by atoms with Crippen molar-refractivity contribution < 1.29 is 13.2 Å². The summed E-state index contributed by atoms with van der Waals surface area (Å²) >= 11 is 0. The van der Waals surface area contributed by atoms with E-state index in [2.05, 4.69) is 10.0 Å². The van der Waals surface area contributed by atoms with Gasteiger partial charge in [-0.05, 0) is 50.5 Å². The van der Waals surface area contributed by atoms with E-state index in [-0.39, 0.29) is 22.6 Å². The summed E-state index contributed by atoms with van der Waals surface area (Å²) in [4.78, 5) is 12.5. The average molecular weight is 403 g/mol. The Morgan fingerprint density at radius 2 is 1.50 bits per heavy atom. The summed E-state index contributed by atoms with van der Waals surface area (Å²) in [6, 6.07) is 14.1. The second-order valence-corrected chi connectivity index (χ2v) is 10.1. The highest BCUT2D eigenvalue weighted by atomic mass is 32.2. The molecule has 0 aromatic heterocycles. The highest BCUT2D eigenvalue weighted by molar-refractivity contribution is 7.89. The maximum Gasteiger partial charge on any atom is 0.241 e. The van der Waals surface area contributed by atoms with Gasteiger partial charge >= 0.3 is 0 Å². The van der Waals surface area contributed by atoms with E-state index >= 15 is 0 Å². The standard InChI is InChI=1S/C22H30N2O3S/c1-15(2)16(3)21(25)23-18-13-11-17(12-14-18)19-9-7-8-10-20(19)28(26,27)24-22(4,5)6/h7-16,24H,1-6H3,(H,23,25)/t16-/m0/s1. The Morgan fingerprint density at radius 1 is 0.929 bits per heavy atom. The van der Waals surface area contributed by atoms with E-state index in [1.165, 1.54) is 0 Å². The maximum absolute atomic E-state index is 12.8. The lowest BCUT2D eigenvalue weighted by molar-refractivity contribution is -0.120. The fourth-order valence-corrected chi connectivity index (χ4v) is 4.34. The molecule has 0 unspecified atom stereocenters. The molecule has 0 aliphatic carbocycles. The molecule has 2 aromatic rings. The van der Waals surface area contributed by atoms with Crippen molar-refractivity contribution in [3.05, 3.63) is 48.5 Å². The van der Waals surface area contributed by atoms with Crippen molar-refractivity contribution in [1.82, 2.24) is 4.72 Å². The van der Waals surface area contributed by atoms with Gasteiger partial charge in [0.25, 0.3) is 0 Å². The van der Waals surface area contributed by atoms with Crippen molar-refractivity contribution in [3.63, 3.8) is 0 Å². The third kappa shape index (κ3) is 5.66. The van der Waals surface area contributed by atoms with Gasteiger partial charge in [-0.3, -0.25) is 4.79 Å². The maximum atomic E-state index is 12.8. The van der Waals surface area contributed by atoms with Crippen molar-refractivity contribution in [3.8, 4) is 11.1 Å². The summed E-state index contributed by atoms with van der Waals surface area (Å²) in [6.07, 6.45) is 0. The zero-order valence-electron chi connectivity index (χ0n) is 17.4. The van der Waals surface area contributed by atoms with Crippen molar-refractivity contribution >= 4 is 21.6 Å². The highest BCUT2D eigenvalue weighted by Gasteiger charge is 2.24. The SMILES string of the molecule is CC(C)[C@H](C)C(=O)Nc1ccc(-c2ccccc2S(=O)(=O)NC(C)(C)C)cc1. The number of hydrogen-bond acceptors (Lipinski definition) is 3. The lowest BCUT2D eigenvalue weighted by atomic mass is 9.97. The van der Waals surface area contributed by atoms with Crippen LogP contribution in [0.15, 0.2) is 53.4 Å². The van der Waals surface area contributed by atoms with Gasteiger partial charge in [0.15, 0.2) is 0 Å². The van der Waals surface area contributed by atoms with Crippen LogP contribution in [-0.2, 0) is 14.8 Å². The quantitative estimate of drug-likeness (QED) is 0.738. The van der Waals surface area contributed by atoms with Crippen LogP contribution < -0.4 is 10.0 Å². The van der Waals surface area contributed by atoms with E-state index in [9.17, 15) is 13.2 Å². The third-order valence-corrected chi connectivity index (χ3v) is 6.31. The van der Waals surface area contributed by atoms with Crippen LogP contribution in [0, 0.1) is 11.8 Å². The Labute approximate surface area is 168 Å². The van der Waals surface area contributed by atoms with Crippen LogP contribution in [0.5, 0.6) is 0 Å². The summed E-state index contributed by atoms with van der Waals surface area (Å²) in [7, 11) is -3.67. The van der Waals surface area contributed by atoms with Gasteiger partial charge in [0.2, 0.25) is 15.9 Å². The molecule has 2 rings (SSSR count). The summed E-state index contributed by atoms with van der Waals surface area (Å²) in [6.45, 7) is 11.3. The Kier molecular flexibility index (Phi) is 6.67. The van der Waals surface area contributed by atoms with Gasteiger partial charge in [-0.1, -0.05) is 51.1 Å². The minimum atomic E-state index is -3.67. The number of anilines is 1. The molecule has 0 fully saturated rings. The second kappa shape index (κ2) is 8.45. The van der Waals surface area contributed by atoms with Gasteiger partial charge in [-0.25, -0.2) is 13.1 Å². The number of rotatable bonds is 6. The zero-order valence-corrected chi connectivity index (χ0v) is 18.2. The molecule has 0 bridgehead atoms. The number of benzene rings is 2. The van der Waals surface area contributed by atoms with Crippen LogP contribution in [0.1, 0.15) is 41.5 Å². The molecule has 5 nitrogen and oxygen atoms in total. The molecule has 0 spiro atoms. The third-order valence-electron chi connectivity index (χ3n) is 4.49. The topological polar surface area (TPSA) is 75.3 Å². The van der Waals surface area contributed by atoms with E-state index < -0.39 is 15.6 Å². The molecule has 0 aliphatic rings. The van der Waals surface area contributed by atoms with Gasteiger partial charge in [0.1, 0.15) is 0 Å². The van der Waals surface area contributed by atoms with Gasteiger partial charge in [0.05, 0.1) is 4.90 Å². The Bertz CT molecular complexity index is 927. The predicted octanol–water partition coefficient (Wildman–Crippen LogP) is 4.66. The minimum absolute atomic E-state index is 0.0277. The lowest BCUT2D eigenvalue weighted by Crippen LogP contribution is -2.40. The van der Waals surface area contributed by atoms with E-state index in [0.717, 1.165) is 5.56 Å². The molecule has 2 N–H and O–H groups in total. The van der Waals surface area contributed by atoms with Crippen molar-refractivity contribution in [1.29, 1.82) is 0 Å². The smallest absolute Gasteiger partial charge is 0.241 e. The molecule has 2 aromatic carbocycles. The molecule has 6 heteroatoms. The van der Waals surface area contributed by atoms with E-state index in [1.54, 1.807) is 30.3 Å². The molecule has 0 heterocycles. The summed E-state index contributed by atoms with van der Waals surface area (Å²) in [5.74, 6) is 0.140. The molecular weight excluding hydrogens is 372 g/mol. The summed E-state index contributed by atoms with van der Waals surface area (Å²) < 4.78 is 28.3. The zero-order chi connectivity index (χ0) is 21.1. The normalized spacial score (nSPS) is 13.4. The molecular formula is C22H30N2O3S. The molecule has 0 radical (unpaired) electrons. The first-order chi connectivity index (χ1) is 12.9. The first-order valence-corrected chi connectivity index (χ1v) is 10.9. The molecule has 28 heavy (non-hydrogen) atoms. The molecule has 152 valence electrons. The lowest BCUT2D eigenvalue weighted by Gasteiger charge is -2.21. The minimum Gasteiger partial charge on any atom is -0.326 e. The van der Waals surface area contributed by atoms with Crippen LogP contribution in [0.25, 0.3) is 11.1 Å². The van der Waals surface area contributed by atoms with Gasteiger partial charge in [-0.15, -0.1) is 0 Å². The summed E-state index contributed by atoms with van der Waals surface area (Å²) in [5.41, 5.74) is 1.50. The van der Waals surface area contributed by atoms with Gasteiger partial charge in [0, 0.05) is 22.7 Å². The molecule has 1 amide bonds. The van der Waals surface area contributed by atoms with E-state index in [0.29, 0.717) is 11.3 Å². The van der Waals surface area contributed by atoms with E-state index in [4.69, 9.17) is 0 Å². The molecule has 1 atom stereocenters. The Hall–Kier alpha value is -2.18. The van der Waals surface area contributed by atoms with E-state index in [1.807, 2.05) is 59.7 Å². The van der Waals surface area contributed by atoms with Crippen LogP contribution in [-0.4, -0.2) is 19.9 Å². The first-order valence-electron chi connectivity index (χ1n) is 9.45. The fourth-order valence-electron chi connectivity index (χ4n) is 2.69. The number of amides is 1. The number of carbonyl (C=O) groups excluding carboxylic acids is 1. The van der Waals surface area contributed by atoms with Crippen molar-refractivity contribution in [2.45, 2.75) is 52.0 Å². The number of hydrogen-bond donors (Lipinski definition) is 2. The van der Waals surface area contributed by atoms with Crippen LogP contribution in [0.2, 0.25) is 0 Å². The highest BCUT2D eigenvalue weighted by Crippen LogP contribution is 2.29. The largest absolute Gasteiger partial charge is 0.326 e. The molecule has 0 saturated heterocycles. The van der Waals surface area contributed by atoms with Gasteiger partial charge in [-0.2, -0.15) is 0 Å². The van der Waals surface area contributed by atoms with Crippen LogP contribution in [0.3, 0.4) is 0 Å². The number of carbonyl (C=O) groups is 1. The fraction of sp³-hybridized carbons (Fsp3) is 0.409. The second-order valence-electron chi connectivity index (χ2n) is 8.45. The molecule has 0 saturated carbocycles. The number of sulfonamides is 1. The predicted molar refractivity (Wildman–Crippen MR) is 115 cm³/mol. The van der Waals surface area contributed by atoms with Gasteiger partial charge < -0.3 is 5.32 Å². The Morgan fingerprint density at radius 3 is 2.04 bits per heavy atom. The van der Waals surface area contributed by atoms with Crippen molar-refractivity contribution in [2.75, 3.05) is 5.32 Å². The van der Waals surface area contributed by atoms with Crippen LogP contribution >= 0.6 is 0 Å². The average Bonchev–Trinajstić information content (AvgIpc) is 2.59. The monoisotopic (exact) mass is 402 g/mol. The first kappa shape index (κ1) is 22.1. The van der Waals surface area contributed by atoms with Crippen LogP contribution in [0.4, 0.5) is 5.69 Å². The molecule has 0 aliphatic heterocycles.